The molecule has 0 radical (unpaired) electrons. The molecule has 1 heterocycles. The van der Waals surface area contributed by atoms with Gasteiger partial charge in [-0.3, -0.25) is 4.79 Å². The van der Waals surface area contributed by atoms with E-state index in [1.807, 2.05) is 31.2 Å². The van der Waals surface area contributed by atoms with Gasteiger partial charge in [0.2, 0.25) is 10.0 Å². The zero-order valence-electron chi connectivity index (χ0n) is 17.2. The number of hydrogen-bond acceptors (Lipinski definition) is 4. The minimum absolute atomic E-state index is 0.0224. The molecule has 7 heteroatoms. The Labute approximate surface area is 173 Å². The number of hydrogen-bond donors (Lipinski definition) is 0. The number of rotatable bonds is 6. The van der Waals surface area contributed by atoms with Crippen LogP contribution in [0.2, 0.25) is 0 Å². The lowest BCUT2D eigenvalue weighted by Crippen LogP contribution is -2.42. The van der Waals surface area contributed by atoms with E-state index in [9.17, 15) is 13.2 Å². The van der Waals surface area contributed by atoms with E-state index in [2.05, 4.69) is 0 Å². The predicted octanol–water partition coefficient (Wildman–Crippen LogP) is 3.53. The molecular formula is C22H28N2O4S. The molecule has 1 saturated heterocycles. The number of ether oxygens (including phenoxy) is 1. The fourth-order valence-electron chi connectivity index (χ4n) is 3.65. The third-order valence-electron chi connectivity index (χ3n) is 5.36. The Balaban J connectivity index is 1.77. The fraction of sp³-hybridized carbons (Fsp3) is 0.409. The van der Waals surface area contributed by atoms with Crippen LogP contribution in [-0.2, 0) is 16.6 Å². The Morgan fingerprint density at radius 3 is 2.55 bits per heavy atom. The van der Waals surface area contributed by atoms with Crippen LogP contribution in [0, 0.1) is 0 Å². The van der Waals surface area contributed by atoms with Gasteiger partial charge in [0.1, 0.15) is 5.75 Å². The lowest BCUT2D eigenvalue weighted by Gasteiger charge is -2.32. The van der Waals surface area contributed by atoms with Crippen molar-refractivity contribution in [3.8, 4) is 5.75 Å². The van der Waals surface area contributed by atoms with E-state index < -0.39 is 10.0 Å². The molecule has 29 heavy (non-hydrogen) atoms. The molecule has 3 rings (SSSR count). The molecular weight excluding hydrogens is 388 g/mol. The van der Waals surface area contributed by atoms with Crippen molar-refractivity contribution in [2.24, 2.45) is 0 Å². The number of carbonyl (C=O) groups excluding carboxylic acids is 1. The molecule has 0 aliphatic carbocycles. The Morgan fingerprint density at radius 2 is 1.90 bits per heavy atom. The number of nitrogens with zero attached hydrogens (tertiary/aromatic N) is 2. The monoisotopic (exact) mass is 416 g/mol. The summed E-state index contributed by atoms with van der Waals surface area (Å²) >= 11 is 0. The SMILES string of the molecule is COc1ccc(CN(C)C(=O)c2cccc(S(=O)(=O)N3CCCCC3C)c2)cc1. The predicted molar refractivity (Wildman–Crippen MR) is 112 cm³/mol. The van der Waals surface area contributed by atoms with Crippen molar-refractivity contribution in [1.82, 2.24) is 9.21 Å². The van der Waals surface area contributed by atoms with Gasteiger partial charge in [-0.25, -0.2) is 8.42 Å². The highest BCUT2D eigenvalue weighted by molar-refractivity contribution is 7.89. The summed E-state index contributed by atoms with van der Waals surface area (Å²) < 4.78 is 32.9. The quantitative estimate of drug-likeness (QED) is 0.723. The Kier molecular flexibility index (Phi) is 6.59. The lowest BCUT2D eigenvalue weighted by atomic mass is 10.1. The zero-order valence-corrected chi connectivity index (χ0v) is 18.0. The van der Waals surface area contributed by atoms with Gasteiger partial charge in [0.15, 0.2) is 0 Å². The summed E-state index contributed by atoms with van der Waals surface area (Å²) in [4.78, 5) is 14.6. The van der Waals surface area contributed by atoms with Crippen LogP contribution < -0.4 is 4.74 Å². The second kappa shape index (κ2) is 8.97. The van der Waals surface area contributed by atoms with Crippen molar-refractivity contribution in [3.05, 3.63) is 59.7 Å². The van der Waals surface area contributed by atoms with Crippen molar-refractivity contribution in [2.75, 3.05) is 20.7 Å². The number of piperidine rings is 1. The molecule has 0 saturated carbocycles. The molecule has 0 spiro atoms. The van der Waals surface area contributed by atoms with Gasteiger partial charge in [-0.2, -0.15) is 4.31 Å². The van der Waals surface area contributed by atoms with Gasteiger partial charge >= 0.3 is 0 Å². The van der Waals surface area contributed by atoms with Gasteiger partial charge in [0, 0.05) is 31.7 Å². The first kappa shape index (κ1) is 21.3. The standard InChI is InChI=1S/C22H28N2O4S/c1-17-7-4-5-14-24(17)29(26,27)21-9-6-8-19(15-21)22(25)23(2)16-18-10-12-20(28-3)13-11-18/h6,8-13,15,17H,4-5,7,14,16H2,1-3H3. The largest absolute Gasteiger partial charge is 0.497 e. The summed E-state index contributed by atoms with van der Waals surface area (Å²) in [5.41, 5.74) is 1.33. The topological polar surface area (TPSA) is 66.9 Å². The van der Waals surface area contributed by atoms with Crippen LogP contribution in [0.5, 0.6) is 5.75 Å². The van der Waals surface area contributed by atoms with E-state index in [1.54, 1.807) is 41.6 Å². The molecule has 2 aromatic rings. The fourth-order valence-corrected chi connectivity index (χ4v) is 5.40. The number of sulfonamides is 1. The van der Waals surface area contributed by atoms with E-state index in [0.29, 0.717) is 18.7 Å². The normalized spacial score (nSPS) is 17.7. The molecule has 1 aliphatic rings. The van der Waals surface area contributed by atoms with E-state index in [0.717, 1.165) is 30.6 Å². The van der Waals surface area contributed by atoms with Crippen LogP contribution in [0.25, 0.3) is 0 Å². The molecule has 1 amide bonds. The molecule has 6 nitrogen and oxygen atoms in total. The first-order valence-corrected chi connectivity index (χ1v) is 11.3. The summed E-state index contributed by atoms with van der Waals surface area (Å²) in [6, 6.07) is 13.8. The molecule has 1 fully saturated rings. The lowest BCUT2D eigenvalue weighted by molar-refractivity contribution is 0.0785. The smallest absolute Gasteiger partial charge is 0.253 e. The zero-order chi connectivity index (χ0) is 21.0. The van der Waals surface area contributed by atoms with E-state index in [1.165, 1.54) is 6.07 Å². The van der Waals surface area contributed by atoms with Crippen LogP contribution in [0.4, 0.5) is 0 Å². The van der Waals surface area contributed by atoms with Crippen molar-refractivity contribution < 1.29 is 17.9 Å². The number of carbonyl (C=O) groups is 1. The van der Waals surface area contributed by atoms with Gasteiger partial charge in [-0.05, 0) is 55.7 Å². The van der Waals surface area contributed by atoms with E-state index in [-0.39, 0.29) is 16.8 Å². The summed E-state index contributed by atoms with van der Waals surface area (Å²) in [5.74, 6) is 0.539. The number of amides is 1. The van der Waals surface area contributed by atoms with Gasteiger partial charge in [-0.15, -0.1) is 0 Å². The van der Waals surface area contributed by atoms with Crippen LogP contribution in [0.1, 0.15) is 42.1 Å². The summed E-state index contributed by atoms with van der Waals surface area (Å²) in [6.45, 7) is 2.89. The van der Waals surface area contributed by atoms with Crippen LogP contribution >= 0.6 is 0 Å². The second-order valence-corrected chi connectivity index (χ2v) is 9.39. The highest BCUT2D eigenvalue weighted by Crippen LogP contribution is 2.26. The summed E-state index contributed by atoms with van der Waals surface area (Å²) in [6.07, 6.45) is 2.77. The van der Waals surface area contributed by atoms with E-state index >= 15 is 0 Å². The minimum Gasteiger partial charge on any atom is -0.497 e. The molecule has 0 bridgehead atoms. The maximum atomic E-state index is 13.1. The van der Waals surface area contributed by atoms with Gasteiger partial charge in [0.05, 0.1) is 12.0 Å². The molecule has 2 aromatic carbocycles. The maximum absolute atomic E-state index is 13.1. The highest BCUT2D eigenvalue weighted by atomic mass is 32.2. The van der Waals surface area contributed by atoms with Gasteiger partial charge < -0.3 is 9.64 Å². The molecule has 1 unspecified atom stereocenters. The second-order valence-electron chi connectivity index (χ2n) is 7.50. The maximum Gasteiger partial charge on any atom is 0.253 e. The molecule has 0 aromatic heterocycles. The number of benzene rings is 2. The van der Waals surface area contributed by atoms with Crippen LogP contribution in [-0.4, -0.2) is 50.3 Å². The Morgan fingerprint density at radius 1 is 1.17 bits per heavy atom. The average Bonchev–Trinajstić information content (AvgIpc) is 2.74. The Bertz CT molecular complexity index is 957. The summed E-state index contributed by atoms with van der Waals surface area (Å²) in [5, 5.41) is 0. The third-order valence-corrected chi connectivity index (χ3v) is 7.36. The molecule has 1 atom stereocenters. The molecule has 156 valence electrons. The first-order valence-electron chi connectivity index (χ1n) is 9.83. The minimum atomic E-state index is -3.61. The van der Waals surface area contributed by atoms with E-state index in [4.69, 9.17) is 4.74 Å². The average molecular weight is 417 g/mol. The van der Waals surface area contributed by atoms with Crippen molar-refractivity contribution in [2.45, 2.75) is 43.7 Å². The van der Waals surface area contributed by atoms with Crippen LogP contribution in [0.15, 0.2) is 53.4 Å². The molecule has 1 aliphatic heterocycles. The molecule has 0 N–H and O–H groups in total. The number of methoxy groups -OCH3 is 1. The first-order chi connectivity index (χ1) is 13.8. The van der Waals surface area contributed by atoms with Gasteiger partial charge in [0.25, 0.3) is 5.91 Å². The van der Waals surface area contributed by atoms with Crippen molar-refractivity contribution >= 4 is 15.9 Å². The van der Waals surface area contributed by atoms with Crippen molar-refractivity contribution in [1.29, 1.82) is 0 Å². The van der Waals surface area contributed by atoms with Crippen LogP contribution in [0.3, 0.4) is 0 Å². The Hall–Kier alpha value is -2.38. The third kappa shape index (κ3) is 4.79. The van der Waals surface area contributed by atoms with Gasteiger partial charge in [-0.1, -0.05) is 24.6 Å². The van der Waals surface area contributed by atoms with Crippen molar-refractivity contribution in [3.63, 3.8) is 0 Å². The summed E-state index contributed by atoms with van der Waals surface area (Å²) in [7, 11) is -0.295. The highest BCUT2D eigenvalue weighted by Gasteiger charge is 2.31.